The van der Waals surface area contributed by atoms with E-state index in [0.29, 0.717) is 6.42 Å². The molecule has 5 unspecified atom stereocenters. The summed E-state index contributed by atoms with van der Waals surface area (Å²) in [7, 11) is 0. The van der Waals surface area contributed by atoms with E-state index in [4.69, 9.17) is 17.2 Å². The van der Waals surface area contributed by atoms with E-state index < -0.39 is 54.0 Å². The molecule has 0 spiro atoms. The van der Waals surface area contributed by atoms with Gasteiger partial charge in [-0.25, -0.2) is 4.79 Å². The van der Waals surface area contributed by atoms with Crippen molar-refractivity contribution in [3.05, 3.63) is 0 Å². The van der Waals surface area contributed by atoms with Gasteiger partial charge in [-0.3, -0.25) is 19.4 Å². The first kappa shape index (κ1) is 27.4. The zero-order valence-corrected chi connectivity index (χ0v) is 17.8. The van der Waals surface area contributed by atoms with E-state index in [1.54, 1.807) is 0 Å². The van der Waals surface area contributed by atoms with Crippen molar-refractivity contribution in [2.24, 2.45) is 22.2 Å². The molecule has 5 atom stereocenters. The first-order valence-electron chi connectivity index (χ1n) is 9.14. The van der Waals surface area contributed by atoms with E-state index in [2.05, 4.69) is 33.6 Å². The van der Waals surface area contributed by atoms with Crippen LogP contribution in [-0.2, 0) is 19.2 Å². The van der Waals surface area contributed by atoms with E-state index in [-0.39, 0.29) is 24.7 Å². The minimum absolute atomic E-state index is 0.0475. The van der Waals surface area contributed by atoms with Gasteiger partial charge in [-0.1, -0.05) is 0 Å². The van der Waals surface area contributed by atoms with Crippen LogP contribution in [0.1, 0.15) is 26.7 Å². The molecule has 11 N–H and O–H groups in total. The Morgan fingerprint density at radius 1 is 1.00 bits per heavy atom. The number of rotatable bonds is 13. The lowest BCUT2D eigenvalue weighted by Crippen LogP contribution is -2.60. The summed E-state index contributed by atoms with van der Waals surface area (Å²) in [5.74, 6) is -3.89. The Hall–Kier alpha value is -2.58. The highest BCUT2D eigenvalue weighted by atomic mass is 32.1. The molecule has 0 bridgehead atoms. The molecular weight excluding hydrogens is 418 g/mol. The summed E-state index contributed by atoms with van der Waals surface area (Å²) in [6.45, 7) is 2.86. The normalized spacial score (nSPS) is 15.6. The second-order valence-corrected chi connectivity index (χ2v) is 6.97. The number of nitrogens with one attached hydrogen (secondary N) is 3. The van der Waals surface area contributed by atoms with Gasteiger partial charge in [0.2, 0.25) is 17.7 Å². The average Bonchev–Trinajstić information content (AvgIpc) is 2.64. The van der Waals surface area contributed by atoms with Crippen molar-refractivity contribution >= 4 is 42.3 Å². The van der Waals surface area contributed by atoms with Crippen molar-refractivity contribution in [2.45, 2.75) is 57.0 Å². The summed E-state index contributed by atoms with van der Waals surface area (Å²) in [5, 5.41) is 26.0. The highest BCUT2D eigenvalue weighted by Gasteiger charge is 2.31. The zero-order valence-electron chi connectivity index (χ0n) is 16.9. The van der Waals surface area contributed by atoms with Crippen LogP contribution in [0, 0.1) is 0 Å². The molecule has 0 aromatic rings. The largest absolute Gasteiger partial charge is 0.480 e. The number of thiol groups is 1. The molecule has 0 saturated heterocycles. The molecule has 0 saturated carbocycles. The van der Waals surface area contributed by atoms with E-state index in [1.807, 2.05) is 0 Å². The van der Waals surface area contributed by atoms with Gasteiger partial charge in [-0.15, -0.1) is 0 Å². The number of carbonyl (C=O) groups is 4. The van der Waals surface area contributed by atoms with Crippen LogP contribution in [0.15, 0.2) is 4.99 Å². The summed E-state index contributed by atoms with van der Waals surface area (Å²) in [5.41, 5.74) is 15.8. The minimum atomic E-state index is -1.37. The maximum absolute atomic E-state index is 12.4. The molecule has 0 heterocycles. The SMILES string of the molecule is CC(N)C(=O)NC(C(=O)NC(CS)C(=O)NC(CCCN=C(N)N)C(=O)O)C(C)O. The molecule has 0 aliphatic heterocycles. The molecule has 172 valence electrons. The third-order valence-electron chi connectivity index (χ3n) is 3.85. The number of carboxylic acids is 1. The first-order valence-corrected chi connectivity index (χ1v) is 9.77. The molecule has 0 rings (SSSR count). The first-order chi connectivity index (χ1) is 13.9. The fourth-order valence-electron chi connectivity index (χ4n) is 2.18. The Morgan fingerprint density at radius 2 is 1.57 bits per heavy atom. The van der Waals surface area contributed by atoms with Gasteiger partial charge in [0, 0.05) is 12.3 Å². The lowest BCUT2D eigenvalue weighted by atomic mass is 10.1. The van der Waals surface area contributed by atoms with Crippen LogP contribution < -0.4 is 33.2 Å². The number of hydrogen-bond acceptors (Lipinski definition) is 8. The van der Waals surface area contributed by atoms with Gasteiger partial charge < -0.3 is 43.4 Å². The Bertz CT molecular complexity index is 640. The molecule has 0 aliphatic rings. The van der Waals surface area contributed by atoms with Crippen LogP contribution in [0.5, 0.6) is 0 Å². The van der Waals surface area contributed by atoms with Crippen LogP contribution in [0.2, 0.25) is 0 Å². The van der Waals surface area contributed by atoms with E-state index in [9.17, 15) is 29.4 Å². The van der Waals surface area contributed by atoms with Crippen LogP contribution >= 0.6 is 12.6 Å². The van der Waals surface area contributed by atoms with Crippen molar-refractivity contribution in [1.82, 2.24) is 16.0 Å². The highest BCUT2D eigenvalue weighted by Crippen LogP contribution is 2.02. The van der Waals surface area contributed by atoms with Crippen LogP contribution in [0.4, 0.5) is 0 Å². The second-order valence-electron chi connectivity index (χ2n) is 6.61. The van der Waals surface area contributed by atoms with Crippen molar-refractivity contribution in [1.29, 1.82) is 0 Å². The van der Waals surface area contributed by atoms with E-state index in [0.717, 1.165) is 0 Å². The minimum Gasteiger partial charge on any atom is -0.480 e. The smallest absolute Gasteiger partial charge is 0.326 e. The topological polar surface area (TPSA) is 235 Å². The highest BCUT2D eigenvalue weighted by molar-refractivity contribution is 7.80. The summed E-state index contributed by atoms with van der Waals surface area (Å²) in [4.78, 5) is 51.7. The predicted molar refractivity (Wildman–Crippen MR) is 113 cm³/mol. The van der Waals surface area contributed by atoms with Gasteiger partial charge in [0.25, 0.3) is 0 Å². The fraction of sp³-hybridized carbons (Fsp3) is 0.688. The molecule has 13 nitrogen and oxygen atoms in total. The van der Waals surface area contributed by atoms with Crippen molar-refractivity contribution in [3.8, 4) is 0 Å². The maximum Gasteiger partial charge on any atom is 0.326 e. The third-order valence-corrected chi connectivity index (χ3v) is 4.22. The summed E-state index contributed by atoms with van der Waals surface area (Å²) in [6, 6.07) is -4.74. The number of amides is 3. The summed E-state index contributed by atoms with van der Waals surface area (Å²) < 4.78 is 0. The zero-order chi connectivity index (χ0) is 23.4. The number of aliphatic hydroxyl groups excluding tert-OH is 1. The summed E-state index contributed by atoms with van der Waals surface area (Å²) >= 11 is 4.00. The van der Waals surface area contributed by atoms with Crippen LogP contribution in [0.3, 0.4) is 0 Å². The van der Waals surface area contributed by atoms with Gasteiger partial charge in [0.05, 0.1) is 12.1 Å². The van der Waals surface area contributed by atoms with E-state index >= 15 is 0 Å². The quantitative estimate of drug-likeness (QED) is 0.0580. The molecule has 0 aromatic carbocycles. The average molecular weight is 450 g/mol. The Kier molecular flexibility index (Phi) is 12.4. The maximum atomic E-state index is 12.4. The lowest BCUT2D eigenvalue weighted by molar-refractivity contribution is -0.142. The fourth-order valence-corrected chi connectivity index (χ4v) is 2.44. The van der Waals surface area contributed by atoms with Gasteiger partial charge >= 0.3 is 5.97 Å². The molecule has 14 heteroatoms. The number of aliphatic hydroxyl groups is 1. The lowest BCUT2D eigenvalue weighted by Gasteiger charge is -2.25. The molecule has 3 amide bonds. The van der Waals surface area contributed by atoms with Gasteiger partial charge in [0.1, 0.15) is 18.1 Å². The Labute approximate surface area is 179 Å². The number of carboxylic acid groups (broad SMARTS) is 1. The molecule has 0 fully saturated rings. The van der Waals surface area contributed by atoms with Gasteiger partial charge in [-0.2, -0.15) is 12.6 Å². The van der Waals surface area contributed by atoms with Crippen LogP contribution in [-0.4, -0.2) is 82.4 Å². The van der Waals surface area contributed by atoms with E-state index in [1.165, 1.54) is 13.8 Å². The number of aliphatic imine (C=N–C) groups is 1. The predicted octanol–water partition coefficient (Wildman–Crippen LogP) is -3.76. The monoisotopic (exact) mass is 449 g/mol. The van der Waals surface area contributed by atoms with Gasteiger partial charge in [0.15, 0.2) is 5.96 Å². The number of nitrogens with zero attached hydrogens (tertiary/aromatic N) is 1. The van der Waals surface area contributed by atoms with Crippen molar-refractivity contribution in [3.63, 3.8) is 0 Å². The molecule has 0 aromatic heterocycles. The molecule has 0 aliphatic carbocycles. The number of aliphatic carboxylic acids is 1. The summed E-state index contributed by atoms with van der Waals surface area (Å²) in [6.07, 6.45) is -0.939. The second kappa shape index (κ2) is 13.6. The molecule has 30 heavy (non-hydrogen) atoms. The standard InChI is InChI=1S/C16H31N7O6S/c1-7(17)12(25)23-11(8(2)24)14(27)22-10(6-30)13(26)21-9(15(28)29)4-3-5-20-16(18)19/h7-11,24,30H,3-6,17H2,1-2H3,(H,21,26)(H,22,27)(H,23,25)(H,28,29)(H4,18,19,20). The number of carbonyl (C=O) groups excluding carboxylic acids is 3. The van der Waals surface area contributed by atoms with Crippen molar-refractivity contribution < 1.29 is 29.4 Å². The Morgan fingerprint density at radius 3 is 2.00 bits per heavy atom. The number of guanidine groups is 1. The third kappa shape index (κ3) is 10.3. The number of hydrogen-bond donors (Lipinski definition) is 9. The Balaban J connectivity index is 5.03. The molecule has 0 radical (unpaired) electrons. The van der Waals surface area contributed by atoms with Gasteiger partial charge in [-0.05, 0) is 26.7 Å². The van der Waals surface area contributed by atoms with Crippen LogP contribution in [0.25, 0.3) is 0 Å². The number of nitrogens with two attached hydrogens (primary N) is 3. The molecular formula is C16H31N7O6S. The van der Waals surface area contributed by atoms with Crippen molar-refractivity contribution in [2.75, 3.05) is 12.3 Å².